The standard InChI is InChI=1S/C17H22N4O4/c1-3-4-11(2)25-14-9-12(5-6-13(14)16(18)22)21-17(23)20-7-8-24-10-15(20)19-21/h5-6,9,11H,3-4,7-8,10H2,1-2H3,(H2,18,22)/t11-/m0/s1. The van der Waals surface area contributed by atoms with Gasteiger partial charge in [0.2, 0.25) is 0 Å². The highest BCUT2D eigenvalue weighted by molar-refractivity contribution is 5.95. The van der Waals surface area contributed by atoms with Gasteiger partial charge in [-0.3, -0.25) is 9.36 Å². The van der Waals surface area contributed by atoms with Crippen LogP contribution < -0.4 is 16.2 Å². The molecule has 0 fully saturated rings. The first kappa shape index (κ1) is 17.2. The van der Waals surface area contributed by atoms with Gasteiger partial charge in [0.25, 0.3) is 5.91 Å². The minimum atomic E-state index is -0.574. The van der Waals surface area contributed by atoms with Gasteiger partial charge in [-0.1, -0.05) is 13.3 Å². The van der Waals surface area contributed by atoms with E-state index in [0.29, 0.717) is 37.0 Å². The number of amides is 1. The first-order valence-corrected chi connectivity index (χ1v) is 8.38. The Morgan fingerprint density at radius 1 is 1.48 bits per heavy atom. The van der Waals surface area contributed by atoms with Crippen molar-refractivity contribution in [2.45, 2.75) is 45.9 Å². The number of rotatable bonds is 6. The summed E-state index contributed by atoms with van der Waals surface area (Å²) in [6.45, 7) is 5.26. The minimum absolute atomic E-state index is 0.0707. The first-order chi connectivity index (χ1) is 12.0. The number of hydrogen-bond donors (Lipinski definition) is 1. The summed E-state index contributed by atoms with van der Waals surface area (Å²) >= 11 is 0. The van der Waals surface area contributed by atoms with Gasteiger partial charge in [0, 0.05) is 6.07 Å². The van der Waals surface area contributed by atoms with Crippen LogP contribution in [-0.4, -0.2) is 33.0 Å². The van der Waals surface area contributed by atoms with Crippen molar-refractivity contribution >= 4 is 5.91 Å². The van der Waals surface area contributed by atoms with E-state index in [4.69, 9.17) is 15.2 Å². The van der Waals surface area contributed by atoms with Gasteiger partial charge in [-0.05, 0) is 25.5 Å². The zero-order chi connectivity index (χ0) is 18.0. The van der Waals surface area contributed by atoms with E-state index in [2.05, 4.69) is 12.0 Å². The van der Waals surface area contributed by atoms with E-state index in [1.165, 1.54) is 4.68 Å². The Morgan fingerprint density at radius 2 is 2.28 bits per heavy atom. The Hall–Kier alpha value is -2.61. The van der Waals surface area contributed by atoms with Crippen LogP contribution in [0.15, 0.2) is 23.0 Å². The summed E-state index contributed by atoms with van der Waals surface area (Å²) < 4.78 is 14.1. The second-order valence-corrected chi connectivity index (χ2v) is 6.08. The van der Waals surface area contributed by atoms with Crippen molar-refractivity contribution in [2.24, 2.45) is 5.73 Å². The van der Waals surface area contributed by atoms with E-state index in [0.717, 1.165) is 12.8 Å². The molecule has 0 saturated carbocycles. The molecule has 0 bridgehead atoms. The Labute approximate surface area is 145 Å². The minimum Gasteiger partial charge on any atom is -0.490 e. The topological polar surface area (TPSA) is 101 Å². The smallest absolute Gasteiger partial charge is 0.350 e. The molecule has 2 aromatic rings. The number of nitrogens with zero attached hydrogens (tertiary/aromatic N) is 3. The summed E-state index contributed by atoms with van der Waals surface area (Å²) in [5.41, 5.74) is 6.01. The summed E-state index contributed by atoms with van der Waals surface area (Å²) in [6.07, 6.45) is 1.73. The molecule has 0 aliphatic carbocycles. The molecule has 1 aliphatic rings. The highest BCUT2D eigenvalue weighted by Gasteiger charge is 2.20. The fraction of sp³-hybridized carbons (Fsp3) is 0.471. The summed E-state index contributed by atoms with van der Waals surface area (Å²) in [5.74, 6) is 0.368. The lowest BCUT2D eigenvalue weighted by Crippen LogP contribution is -2.28. The van der Waals surface area contributed by atoms with Crippen molar-refractivity contribution in [2.75, 3.05) is 6.61 Å². The molecule has 25 heavy (non-hydrogen) atoms. The van der Waals surface area contributed by atoms with Gasteiger partial charge in [0.15, 0.2) is 5.82 Å². The van der Waals surface area contributed by atoms with Crippen LogP contribution in [0.3, 0.4) is 0 Å². The number of benzene rings is 1. The maximum Gasteiger partial charge on any atom is 0.350 e. The average molecular weight is 346 g/mol. The fourth-order valence-electron chi connectivity index (χ4n) is 2.88. The number of nitrogens with two attached hydrogens (primary N) is 1. The van der Waals surface area contributed by atoms with Gasteiger partial charge in [-0.2, -0.15) is 4.68 Å². The molecule has 0 radical (unpaired) electrons. The van der Waals surface area contributed by atoms with Crippen LogP contribution in [0.1, 0.15) is 42.9 Å². The van der Waals surface area contributed by atoms with Crippen LogP contribution in [0.4, 0.5) is 0 Å². The van der Waals surface area contributed by atoms with Gasteiger partial charge in [0.1, 0.15) is 12.4 Å². The quantitative estimate of drug-likeness (QED) is 0.848. The number of ether oxygens (including phenoxy) is 2. The molecule has 1 amide bonds. The molecule has 0 unspecified atom stereocenters. The number of aromatic nitrogens is 3. The van der Waals surface area contributed by atoms with Crippen molar-refractivity contribution < 1.29 is 14.3 Å². The van der Waals surface area contributed by atoms with Gasteiger partial charge in [-0.25, -0.2) is 4.79 Å². The number of carbonyl (C=O) groups is 1. The molecule has 2 N–H and O–H groups in total. The molecule has 0 saturated heterocycles. The normalized spacial score (nSPS) is 14.8. The third-order valence-electron chi connectivity index (χ3n) is 4.13. The molecule has 3 rings (SSSR count). The highest BCUT2D eigenvalue weighted by Crippen LogP contribution is 2.24. The van der Waals surface area contributed by atoms with Crippen molar-refractivity contribution in [3.63, 3.8) is 0 Å². The van der Waals surface area contributed by atoms with E-state index in [1.807, 2.05) is 6.92 Å². The summed E-state index contributed by atoms with van der Waals surface area (Å²) in [5, 5.41) is 4.32. The van der Waals surface area contributed by atoms with E-state index in [-0.39, 0.29) is 17.4 Å². The van der Waals surface area contributed by atoms with E-state index >= 15 is 0 Å². The Morgan fingerprint density at radius 3 is 2.96 bits per heavy atom. The van der Waals surface area contributed by atoms with Crippen LogP contribution in [0.2, 0.25) is 0 Å². The van der Waals surface area contributed by atoms with Gasteiger partial charge in [0.05, 0.1) is 30.5 Å². The SMILES string of the molecule is CCC[C@H](C)Oc1cc(-n2nc3n(c2=O)CCOC3)ccc1C(N)=O. The molecular weight excluding hydrogens is 324 g/mol. The molecule has 1 aromatic heterocycles. The van der Waals surface area contributed by atoms with Gasteiger partial charge in [-0.15, -0.1) is 5.10 Å². The van der Waals surface area contributed by atoms with Crippen molar-refractivity contribution in [3.8, 4) is 11.4 Å². The highest BCUT2D eigenvalue weighted by atomic mass is 16.5. The molecule has 0 spiro atoms. The number of hydrogen-bond acceptors (Lipinski definition) is 5. The van der Waals surface area contributed by atoms with Crippen molar-refractivity contribution in [1.29, 1.82) is 0 Å². The van der Waals surface area contributed by atoms with E-state index < -0.39 is 5.91 Å². The molecule has 2 heterocycles. The fourth-order valence-corrected chi connectivity index (χ4v) is 2.88. The first-order valence-electron chi connectivity index (χ1n) is 8.38. The lowest BCUT2D eigenvalue weighted by atomic mass is 10.1. The van der Waals surface area contributed by atoms with Crippen molar-refractivity contribution in [1.82, 2.24) is 14.3 Å². The molecule has 1 aromatic carbocycles. The van der Waals surface area contributed by atoms with Crippen LogP contribution >= 0.6 is 0 Å². The molecule has 1 aliphatic heterocycles. The third-order valence-corrected chi connectivity index (χ3v) is 4.13. The molecular formula is C17H22N4O4. The maximum absolute atomic E-state index is 12.5. The third kappa shape index (κ3) is 3.43. The molecule has 1 atom stereocenters. The Kier molecular flexibility index (Phi) is 4.89. The lowest BCUT2D eigenvalue weighted by Gasteiger charge is -2.16. The van der Waals surface area contributed by atoms with Crippen LogP contribution in [0.25, 0.3) is 5.69 Å². The zero-order valence-corrected chi connectivity index (χ0v) is 14.4. The van der Waals surface area contributed by atoms with E-state index in [1.54, 1.807) is 22.8 Å². The van der Waals surface area contributed by atoms with E-state index in [9.17, 15) is 9.59 Å². The average Bonchev–Trinajstić information content (AvgIpc) is 2.92. The van der Waals surface area contributed by atoms with Crippen LogP contribution in [0.5, 0.6) is 5.75 Å². The predicted octanol–water partition coefficient (Wildman–Crippen LogP) is 1.23. The summed E-state index contributed by atoms with van der Waals surface area (Å²) in [6, 6.07) is 4.83. The zero-order valence-electron chi connectivity index (χ0n) is 14.4. The number of carbonyl (C=O) groups excluding carboxylic acids is 1. The lowest BCUT2D eigenvalue weighted by molar-refractivity contribution is 0.0805. The Balaban J connectivity index is 2.01. The van der Waals surface area contributed by atoms with Crippen LogP contribution in [-0.2, 0) is 17.9 Å². The number of fused-ring (bicyclic) bond motifs is 1. The monoisotopic (exact) mass is 346 g/mol. The maximum atomic E-state index is 12.5. The molecule has 134 valence electrons. The summed E-state index contributed by atoms with van der Waals surface area (Å²) in [7, 11) is 0. The molecule has 8 nitrogen and oxygen atoms in total. The van der Waals surface area contributed by atoms with Gasteiger partial charge >= 0.3 is 5.69 Å². The largest absolute Gasteiger partial charge is 0.490 e. The molecule has 8 heteroatoms. The van der Waals surface area contributed by atoms with Gasteiger partial charge < -0.3 is 15.2 Å². The second-order valence-electron chi connectivity index (χ2n) is 6.08. The Bertz CT molecular complexity index is 840. The second kappa shape index (κ2) is 7.10. The predicted molar refractivity (Wildman–Crippen MR) is 91.0 cm³/mol. The number of primary amides is 1. The van der Waals surface area contributed by atoms with Crippen LogP contribution in [0, 0.1) is 0 Å². The summed E-state index contributed by atoms with van der Waals surface area (Å²) in [4.78, 5) is 24.2. The van der Waals surface area contributed by atoms with Crippen molar-refractivity contribution in [3.05, 3.63) is 40.1 Å².